The molecular weight excluding hydrogens is 905 g/mol. The summed E-state index contributed by atoms with van der Waals surface area (Å²) in [5.74, 6) is 5.02. The lowest BCUT2D eigenvalue weighted by molar-refractivity contribution is 0.151. The molecule has 0 spiro atoms. The highest BCUT2D eigenvalue weighted by Gasteiger charge is 2.17. The number of ether oxygens (including phenoxy) is 4. The van der Waals surface area contributed by atoms with Gasteiger partial charge in [-0.1, -0.05) is 78.9 Å². The van der Waals surface area contributed by atoms with Crippen LogP contribution in [0.5, 0.6) is 23.0 Å². The van der Waals surface area contributed by atoms with Crippen molar-refractivity contribution >= 4 is 36.5 Å². The van der Waals surface area contributed by atoms with Crippen LogP contribution in [0.2, 0.25) is 0 Å². The van der Waals surface area contributed by atoms with Gasteiger partial charge in [0.2, 0.25) is 11.8 Å². The second kappa shape index (κ2) is 25.5. The quantitative estimate of drug-likeness (QED) is 0.0863. The van der Waals surface area contributed by atoms with E-state index in [1.165, 1.54) is 0 Å². The molecule has 364 valence electrons. The lowest BCUT2D eigenvalue weighted by Gasteiger charge is -2.20. The number of aromatic nitrogens is 2. The number of amides is 2. The van der Waals surface area contributed by atoms with Crippen molar-refractivity contribution in [3.05, 3.63) is 214 Å². The van der Waals surface area contributed by atoms with Gasteiger partial charge in [0.15, 0.2) is 0 Å². The minimum atomic E-state index is -0.403. The molecule has 0 atom stereocenters. The molecule has 0 bridgehead atoms. The average molecular weight is 961 g/mol. The third-order valence-electron chi connectivity index (χ3n) is 11.1. The molecule has 0 saturated carbocycles. The fourth-order valence-electron chi connectivity index (χ4n) is 7.10. The molecule has 8 rings (SSSR count). The van der Waals surface area contributed by atoms with Gasteiger partial charge in [0, 0.05) is 49.5 Å². The summed E-state index contributed by atoms with van der Waals surface area (Å²) in [6.45, 7) is 9.55. The zero-order valence-electron chi connectivity index (χ0n) is 41.2. The van der Waals surface area contributed by atoms with Crippen LogP contribution >= 0.6 is 0 Å². The molecule has 2 heterocycles. The van der Waals surface area contributed by atoms with Gasteiger partial charge in [-0.2, -0.15) is 0 Å². The van der Waals surface area contributed by atoms with Crippen molar-refractivity contribution in [2.45, 2.75) is 40.8 Å². The summed E-state index contributed by atoms with van der Waals surface area (Å²) in [5.41, 5.74) is 13.7. The van der Waals surface area contributed by atoms with Crippen LogP contribution in [0.25, 0.3) is 47.2 Å². The minimum Gasteiger partial charge on any atom is -0.497 e. The maximum atomic E-state index is 12.7. The Morgan fingerprint density at radius 3 is 1.38 bits per heavy atom. The number of aryl methyl sites for hydroxylation is 2. The van der Waals surface area contributed by atoms with E-state index >= 15 is 0 Å². The second-order valence-corrected chi connectivity index (χ2v) is 16.2. The number of methoxy groups -OCH3 is 2. The Morgan fingerprint density at radius 2 is 0.931 bits per heavy atom. The fourth-order valence-corrected chi connectivity index (χ4v) is 7.10. The second-order valence-electron chi connectivity index (χ2n) is 16.2. The molecule has 0 saturated heterocycles. The first-order valence-corrected chi connectivity index (χ1v) is 23.4. The molecule has 6 aromatic carbocycles. The number of carbonyl (C=O) groups excluding carboxylic acids is 2. The fraction of sp³-hybridized carbons (Fsp3) is 0.167. The van der Waals surface area contributed by atoms with E-state index < -0.39 is 12.2 Å². The minimum absolute atomic E-state index is 0.396. The summed E-state index contributed by atoms with van der Waals surface area (Å²) in [6, 6.07) is 49.4. The summed E-state index contributed by atoms with van der Waals surface area (Å²) in [7, 11) is 3.19. The van der Waals surface area contributed by atoms with Crippen LogP contribution in [0.4, 0.5) is 9.59 Å². The maximum absolute atomic E-state index is 12.7. The molecule has 2 amide bonds. The average Bonchev–Trinajstić information content (AvgIpc) is 3.99. The lowest BCUT2D eigenvalue weighted by Crippen LogP contribution is -2.32. The van der Waals surface area contributed by atoms with E-state index in [9.17, 15) is 9.59 Å². The van der Waals surface area contributed by atoms with E-state index in [1.54, 1.807) is 72.6 Å². The zero-order valence-corrected chi connectivity index (χ0v) is 41.2. The molecule has 0 aliphatic heterocycles. The van der Waals surface area contributed by atoms with E-state index in [1.807, 2.05) is 161 Å². The Bertz CT molecular complexity index is 3150. The lowest BCUT2D eigenvalue weighted by atomic mass is 10.1. The first kappa shape index (κ1) is 50.8. The highest BCUT2D eigenvalue weighted by Crippen LogP contribution is 2.25. The van der Waals surface area contributed by atoms with Crippen molar-refractivity contribution in [1.82, 2.24) is 19.8 Å². The van der Waals surface area contributed by atoms with E-state index in [0.29, 0.717) is 61.0 Å². The van der Waals surface area contributed by atoms with Crippen LogP contribution in [0, 0.1) is 13.8 Å². The topological polar surface area (TPSA) is 130 Å². The van der Waals surface area contributed by atoms with Gasteiger partial charge in [-0.25, -0.2) is 19.6 Å². The highest BCUT2D eigenvalue weighted by molar-refractivity contribution is 5.72. The maximum Gasteiger partial charge on any atom is 0.415 e. The van der Waals surface area contributed by atoms with Crippen LogP contribution in [-0.4, -0.2) is 59.3 Å². The normalized spacial score (nSPS) is 10.3. The predicted octanol–water partition coefficient (Wildman–Crippen LogP) is 14.0. The van der Waals surface area contributed by atoms with Gasteiger partial charge >= 0.3 is 12.2 Å². The third kappa shape index (κ3) is 14.5. The zero-order chi connectivity index (χ0) is 50.7. The van der Waals surface area contributed by atoms with Crippen molar-refractivity contribution in [2.24, 2.45) is 0 Å². The first-order valence-electron chi connectivity index (χ1n) is 23.4. The molecule has 0 unspecified atom stereocenters. The molecule has 12 heteroatoms. The third-order valence-corrected chi connectivity index (χ3v) is 11.1. The molecule has 12 nitrogen and oxygen atoms in total. The molecule has 72 heavy (non-hydrogen) atoms. The standard InChI is InChI=1S/2C30H28N2O4/c1-4-32(30(33)36-27-18-16-26(34-3)17-19-27)21-24-12-8-10-23(20-24)11-9-15-28-22(2)35-29(31-28)25-13-6-5-7-14-25;1-4-32(30(33)36-27-19-17-26(34-3)18-20-27)21-24-15-13-23(14-16-24)9-8-12-28-22(2)35-29(31-28)25-10-6-5-7-11-25/h5-8,10-20H,4,21H2,1-3H3;5-7,9-20H,4,21H2,1-3H3. The van der Waals surface area contributed by atoms with Crippen LogP contribution in [-0.2, 0) is 13.1 Å². The molecule has 0 aliphatic rings. The van der Waals surface area contributed by atoms with Gasteiger partial charge in [-0.15, -0.1) is 11.5 Å². The molecule has 0 aliphatic carbocycles. The van der Waals surface area contributed by atoms with Gasteiger partial charge in [0.1, 0.15) is 45.9 Å². The number of benzene rings is 6. The van der Waals surface area contributed by atoms with Crippen molar-refractivity contribution in [2.75, 3.05) is 27.3 Å². The number of carbonyl (C=O) groups is 2. The molecule has 0 fully saturated rings. The summed E-state index contributed by atoms with van der Waals surface area (Å²) in [4.78, 5) is 37.7. The highest BCUT2D eigenvalue weighted by atomic mass is 16.6. The van der Waals surface area contributed by atoms with Gasteiger partial charge in [-0.05, 0) is 141 Å². The largest absolute Gasteiger partial charge is 0.497 e. The Balaban J connectivity index is 0.000000211. The van der Waals surface area contributed by atoms with E-state index in [2.05, 4.69) is 21.4 Å². The monoisotopic (exact) mass is 960 g/mol. The number of hydrogen-bond acceptors (Lipinski definition) is 10. The molecule has 8 aromatic rings. The van der Waals surface area contributed by atoms with Gasteiger partial charge in [0.05, 0.1) is 14.2 Å². The van der Waals surface area contributed by atoms with E-state index in [0.717, 1.165) is 56.3 Å². The smallest absolute Gasteiger partial charge is 0.415 e. The van der Waals surface area contributed by atoms with Crippen molar-refractivity contribution in [3.63, 3.8) is 0 Å². The Labute approximate surface area is 420 Å². The summed E-state index contributed by atoms with van der Waals surface area (Å²) in [5, 5.41) is 0. The van der Waals surface area contributed by atoms with Crippen molar-refractivity contribution in [1.29, 1.82) is 0 Å². The number of hydrogen-bond donors (Lipinski definition) is 0. The number of rotatable bonds is 16. The van der Waals surface area contributed by atoms with Crippen LogP contribution in [0.3, 0.4) is 0 Å². The van der Waals surface area contributed by atoms with E-state index in [4.69, 9.17) is 27.8 Å². The SMILES string of the molecule is CCN(Cc1ccc(C=C=Cc2nc(-c3ccccc3)oc2C)cc1)C(=O)Oc1ccc(OC)cc1.CCN(Cc1cccc(C=C=Cc2nc(-c3ccccc3)oc2C)c1)C(=O)Oc1ccc(OC)cc1. The van der Waals surface area contributed by atoms with Crippen molar-refractivity contribution < 1.29 is 37.4 Å². The molecular formula is C60H56N4O8. The van der Waals surface area contributed by atoms with Crippen LogP contribution < -0.4 is 18.9 Å². The van der Waals surface area contributed by atoms with Gasteiger partial charge in [-0.3, -0.25) is 0 Å². The summed E-state index contributed by atoms with van der Waals surface area (Å²) in [6.07, 6.45) is 6.59. The predicted molar refractivity (Wildman–Crippen MR) is 281 cm³/mol. The summed E-state index contributed by atoms with van der Waals surface area (Å²) < 4.78 is 32.9. The molecule has 2 aromatic heterocycles. The first-order chi connectivity index (χ1) is 35.1. The van der Waals surface area contributed by atoms with Gasteiger partial charge < -0.3 is 37.6 Å². The number of oxazole rings is 2. The van der Waals surface area contributed by atoms with Gasteiger partial charge in [0.25, 0.3) is 0 Å². The number of nitrogens with zero attached hydrogens (tertiary/aromatic N) is 4. The van der Waals surface area contributed by atoms with Crippen LogP contribution in [0.15, 0.2) is 178 Å². The Kier molecular flexibility index (Phi) is 18.0. The Morgan fingerprint density at radius 1 is 0.500 bits per heavy atom. The van der Waals surface area contributed by atoms with Crippen LogP contribution in [0.1, 0.15) is 59.0 Å². The van der Waals surface area contributed by atoms with E-state index in [-0.39, 0.29) is 0 Å². The molecule has 0 radical (unpaired) electrons. The molecule has 0 N–H and O–H groups in total. The Hall–Kier alpha value is -9.08. The van der Waals surface area contributed by atoms with Crippen molar-refractivity contribution in [3.8, 4) is 45.9 Å². The summed E-state index contributed by atoms with van der Waals surface area (Å²) >= 11 is 0.